The summed E-state index contributed by atoms with van der Waals surface area (Å²) in [5, 5.41) is 22.3. The van der Waals surface area contributed by atoms with E-state index >= 15 is 0 Å². The number of carbonyl (C=O) groups excluding carboxylic acids is 1. The second-order valence-electron chi connectivity index (χ2n) is 3.86. The Bertz CT molecular complexity index is 509. The third kappa shape index (κ3) is 2.69. The summed E-state index contributed by atoms with van der Waals surface area (Å²) in [7, 11) is 0. The first-order chi connectivity index (χ1) is 8.70. The van der Waals surface area contributed by atoms with Crippen molar-refractivity contribution in [2.45, 2.75) is 13.0 Å². The maximum absolute atomic E-state index is 11.7. The zero-order valence-electron chi connectivity index (χ0n) is 9.82. The molecule has 2 N–H and O–H groups in total. The van der Waals surface area contributed by atoms with E-state index in [1.54, 1.807) is 31.2 Å². The summed E-state index contributed by atoms with van der Waals surface area (Å²) < 4.78 is 1.50. The smallest absolute Gasteiger partial charge is 0.251 e. The molecule has 0 bridgehead atoms. The fourth-order valence-electron chi connectivity index (χ4n) is 1.40. The third-order valence-electron chi connectivity index (χ3n) is 2.39. The summed E-state index contributed by atoms with van der Waals surface area (Å²) in [5.74, 6) is -0.222. The quantitative estimate of drug-likeness (QED) is 0.778. The molecule has 1 amide bonds. The van der Waals surface area contributed by atoms with Gasteiger partial charge in [-0.1, -0.05) is 0 Å². The predicted molar refractivity (Wildman–Crippen MR) is 63.2 cm³/mol. The highest BCUT2D eigenvalue weighted by atomic mass is 16.3. The SMILES string of the molecule is CC(CO)NC(=O)c1ccc(-n2cnnn2)cc1. The van der Waals surface area contributed by atoms with Gasteiger partial charge in [0.25, 0.3) is 5.91 Å². The van der Waals surface area contributed by atoms with E-state index in [1.165, 1.54) is 11.0 Å². The average Bonchev–Trinajstić information content (AvgIpc) is 2.92. The lowest BCUT2D eigenvalue weighted by atomic mass is 10.2. The minimum absolute atomic E-state index is 0.0888. The molecule has 0 saturated heterocycles. The molecule has 0 spiro atoms. The van der Waals surface area contributed by atoms with Gasteiger partial charge in [0.15, 0.2) is 0 Å². The Morgan fingerprint density at radius 2 is 2.17 bits per heavy atom. The van der Waals surface area contributed by atoms with Gasteiger partial charge in [-0.25, -0.2) is 4.68 Å². The van der Waals surface area contributed by atoms with Crippen molar-refractivity contribution >= 4 is 5.91 Å². The molecule has 0 aliphatic heterocycles. The van der Waals surface area contributed by atoms with Crippen LogP contribution in [0.5, 0.6) is 0 Å². The van der Waals surface area contributed by atoms with Crippen LogP contribution in [-0.4, -0.2) is 43.9 Å². The minimum atomic E-state index is -0.267. The van der Waals surface area contributed by atoms with Gasteiger partial charge < -0.3 is 10.4 Å². The molecule has 94 valence electrons. The minimum Gasteiger partial charge on any atom is -0.394 e. The number of hydrogen-bond donors (Lipinski definition) is 2. The molecular weight excluding hydrogens is 234 g/mol. The van der Waals surface area contributed by atoms with E-state index in [0.29, 0.717) is 5.56 Å². The van der Waals surface area contributed by atoms with Crippen LogP contribution in [0, 0.1) is 0 Å². The summed E-state index contributed by atoms with van der Waals surface area (Å²) in [6, 6.07) is 6.58. The van der Waals surface area contributed by atoms with Crippen molar-refractivity contribution in [3.05, 3.63) is 36.2 Å². The number of aliphatic hydroxyl groups excluding tert-OH is 1. The number of hydrogen-bond acceptors (Lipinski definition) is 5. The molecule has 18 heavy (non-hydrogen) atoms. The fraction of sp³-hybridized carbons (Fsp3) is 0.273. The molecule has 2 aromatic rings. The van der Waals surface area contributed by atoms with Gasteiger partial charge in [0.1, 0.15) is 6.33 Å². The zero-order valence-corrected chi connectivity index (χ0v) is 9.82. The molecule has 1 unspecified atom stereocenters. The van der Waals surface area contributed by atoms with Crippen LogP contribution in [0.1, 0.15) is 17.3 Å². The molecule has 0 radical (unpaired) electrons. The van der Waals surface area contributed by atoms with E-state index in [4.69, 9.17) is 5.11 Å². The van der Waals surface area contributed by atoms with Crippen molar-refractivity contribution in [2.24, 2.45) is 0 Å². The number of amides is 1. The Balaban J connectivity index is 2.10. The van der Waals surface area contributed by atoms with Crippen molar-refractivity contribution in [2.75, 3.05) is 6.61 Å². The van der Waals surface area contributed by atoms with E-state index in [2.05, 4.69) is 20.8 Å². The van der Waals surface area contributed by atoms with Crippen molar-refractivity contribution in [3.63, 3.8) is 0 Å². The van der Waals surface area contributed by atoms with Crippen molar-refractivity contribution in [1.29, 1.82) is 0 Å². The molecule has 1 atom stereocenters. The second kappa shape index (κ2) is 5.37. The van der Waals surface area contributed by atoms with Crippen LogP contribution in [0.3, 0.4) is 0 Å². The normalized spacial score (nSPS) is 12.1. The topological polar surface area (TPSA) is 92.9 Å². The summed E-state index contributed by atoms with van der Waals surface area (Å²) in [6.07, 6.45) is 1.48. The van der Waals surface area contributed by atoms with Crippen LogP contribution in [0.4, 0.5) is 0 Å². The van der Waals surface area contributed by atoms with Gasteiger partial charge >= 0.3 is 0 Å². The summed E-state index contributed by atoms with van der Waals surface area (Å²) in [6.45, 7) is 1.64. The molecular formula is C11H13N5O2. The van der Waals surface area contributed by atoms with Crippen LogP contribution in [0.25, 0.3) is 5.69 Å². The molecule has 1 heterocycles. The number of carbonyl (C=O) groups is 1. The highest BCUT2D eigenvalue weighted by molar-refractivity contribution is 5.94. The van der Waals surface area contributed by atoms with Crippen LogP contribution < -0.4 is 5.32 Å². The largest absolute Gasteiger partial charge is 0.394 e. The summed E-state index contributed by atoms with van der Waals surface area (Å²) >= 11 is 0. The van der Waals surface area contributed by atoms with Gasteiger partial charge in [-0.3, -0.25) is 4.79 Å². The van der Waals surface area contributed by atoms with Gasteiger partial charge in [0.05, 0.1) is 12.3 Å². The van der Waals surface area contributed by atoms with Gasteiger partial charge in [0.2, 0.25) is 0 Å². The molecule has 0 aliphatic carbocycles. The molecule has 2 rings (SSSR count). The van der Waals surface area contributed by atoms with E-state index in [0.717, 1.165) is 5.69 Å². The highest BCUT2D eigenvalue weighted by Crippen LogP contribution is 2.07. The standard InChI is InChI=1S/C11H13N5O2/c1-8(6-17)13-11(18)9-2-4-10(5-3-9)16-7-12-14-15-16/h2-5,7-8,17H,6H2,1H3,(H,13,18). The van der Waals surface area contributed by atoms with Crippen molar-refractivity contribution in [3.8, 4) is 5.69 Å². The molecule has 7 heteroatoms. The molecule has 7 nitrogen and oxygen atoms in total. The molecule has 0 fully saturated rings. The van der Waals surface area contributed by atoms with Crippen LogP contribution in [0.15, 0.2) is 30.6 Å². The first kappa shape index (κ1) is 12.2. The summed E-state index contributed by atoms with van der Waals surface area (Å²) in [5.41, 5.74) is 1.29. The van der Waals surface area contributed by atoms with Gasteiger partial charge in [-0.2, -0.15) is 0 Å². The molecule has 1 aromatic carbocycles. The number of nitrogens with one attached hydrogen (secondary N) is 1. The lowest BCUT2D eigenvalue weighted by Crippen LogP contribution is -2.34. The molecule has 0 saturated carbocycles. The number of tetrazole rings is 1. The Hall–Kier alpha value is -2.28. The van der Waals surface area contributed by atoms with E-state index < -0.39 is 0 Å². The number of aliphatic hydroxyl groups is 1. The Kier molecular flexibility index (Phi) is 3.63. The Morgan fingerprint density at radius 3 is 2.72 bits per heavy atom. The van der Waals surface area contributed by atoms with Gasteiger partial charge in [-0.05, 0) is 41.6 Å². The van der Waals surface area contributed by atoms with Crippen molar-refractivity contribution in [1.82, 2.24) is 25.5 Å². The fourth-order valence-corrected chi connectivity index (χ4v) is 1.40. The summed E-state index contributed by atoms with van der Waals surface area (Å²) in [4.78, 5) is 11.7. The first-order valence-electron chi connectivity index (χ1n) is 5.46. The van der Waals surface area contributed by atoms with Crippen molar-refractivity contribution < 1.29 is 9.90 Å². The first-order valence-corrected chi connectivity index (χ1v) is 5.46. The highest BCUT2D eigenvalue weighted by Gasteiger charge is 2.09. The number of benzene rings is 1. The van der Waals surface area contributed by atoms with Crippen LogP contribution in [0.2, 0.25) is 0 Å². The van der Waals surface area contributed by atoms with Gasteiger partial charge in [0, 0.05) is 11.6 Å². The van der Waals surface area contributed by atoms with Crippen LogP contribution >= 0.6 is 0 Å². The average molecular weight is 247 g/mol. The monoisotopic (exact) mass is 247 g/mol. The van der Waals surface area contributed by atoms with E-state index in [9.17, 15) is 4.79 Å². The number of rotatable bonds is 4. The second-order valence-corrected chi connectivity index (χ2v) is 3.86. The van der Waals surface area contributed by atoms with Crippen LogP contribution in [-0.2, 0) is 0 Å². The maximum Gasteiger partial charge on any atom is 0.251 e. The number of aromatic nitrogens is 4. The zero-order chi connectivity index (χ0) is 13.0. The lowest BCUT2D eigenvalue weighted by molar-refractivity contribution is 0.0922. The Morgan fingerprint density at radius 1 is 1.44 bits per heavy atom. The lowest BCUT2D eigenvalue weighted by Gasteiger charge is -2.10. The number of nitrogens with zero attached hydrogens (tertiary/aromatic N) is 4. The molecule has 1 aromatic heterocycles. The van der Waals surface area contributed by atoms with Gasteiger partial charge in [-0.15, -0.1) is 5.10 Å². The Labute approximate surface area is 103 Å². The van der Waals surface area contributed by atoms with E-state index in [-0.39, 0.29) is 18.6 Å². The predicted octanol–water partition coefficient (Wildman–Crippen LogP) is -0.227. The maximum atomic E-state index is 11.7. The van der Waals surface area contributed by atoms with E-state index in [1.807, 2.05) is 0 Å². The third-order valence-corrected chi connectivity index (χ3v) is 2.39. The molecule has 0 aliphatic rings.